The summed E-state index contributed by atoms with van der Waals surface area (Å²) in [4.78, 5) is 22.2. The van der Waals surface area contributed by atoms with Gasteiger partial charge in [-0.05, 0) is 12.3 Å². The number of nitrogens with one attached hydrogen (secondary N) is 2. The molecule has 0 aliphatic heterocycles. The molecule has 0 aromatic heterocycles. The molecule has 0 heterocycles. The molecular weight excluding hydrogens is 208 g/mol. The van der Waals surface area contributed by atoms with Gasteiger partial charge < -0.3 is 15.7 Å². The van der Waals surface area contributed by atoms with Crippen molar-refractivity contribution in [2.45, 2.75) is 39.3 Å². The Labute approximate surface area is 95.6 Å². The van der Waals surface area contributed by atoms with Gasteiger partial charge >= 0.3 is 12.0 Å². The molecule has 0 rings (SSSR count). The monoisotopic (exact) mass is 226 g/mol. The number of terminal acetylenes is 1. The van der Waals surface area contributed by atoms with Gasteiger partial charge in [-0.25, -0.2) is 9.59 Å². The first-order chi connectivity index (χ1) is 7.42. The highest BCUT2D eigenvalue weighted by Gasteiger charge is 2.23. The molecule has 0 bridgehead atoms. The van der Waals surface area contributed by atoms with Gasteiger partial charge in [0.15, 0.2) is 0 Å². The summed E-state index contributed by atoms with van der Waals surface area (Å²) in [6.45, 7) is 5.27. The first-order valence-corrected chi connectivity index (χ1v) is 5.18. The van der Waals surface area contributed by atoms with E-state index in [9.17, 15) is 9.59 Å². The minimum absolute atomic E-state index is 0.186. The summed E-state index contributed by atoms with van der Waals surface area (Å²) < 4.78 is 0. The summed E-state index contributed by atoms with van der Waals surface area (Å²) in [5.41, 5.74) is 0. The van der Waals surface area contributed by atoms with Crippen LogP contribution < -0.4 is 10.6 Å². The molecule has 0 fully saturated rings. The van der Waals surface area contributed by atoms with Gasteiger partial charge in [-0.15, -0.1) is 6.42 Å². The Hall–Kier alpha value is -1.70. The molecule has 5 heteroatoms. The molecule has 1 unspecified atom stereocenters. The minimum Gasteiger partial charge on any atom is -0.480 e. The fraction of sp³-hybridized carbons (Fsp3) is 0.636. The van der Waals surface area contributed by atoms with Crippen molar-refractivity contribution in [3.63, 3.8) is 0 Å². The Kier molecular flexibility index (Phi) is 6.01. The number of rotatable bonds is 5. The highest BCUT2D eigenvalue weighted by Crippen LogP contribution is 2.01. The molecule has 3 N–H and O–H groups in total. The van der Waals surface area contributed by atoms with Crippen LogP contribution in [0.15, 0.2) is 0 Å². The van der Waals surface area contributed by atoms with Gasteiger partial charge in [-0.3, -0.25) is 0 Å². The third kappa shape index (κ3) is 4.69. The highest BCUT2D eigenvalue weighted by atomic mass is 16.4. The lowest BCUT2D eigenvalue weighted by molar-refractivity contribution is -0.140. The SMILES string of the molecule is C#CC(CC)NC(=O)N[C@@H](C(=O)O)C(C)C. The summed E-state index contributed by atoms with van der Waals surface area (Å²) in [6, 6.07) is -1.83. The van der Waals surface area contributed by atoms with Gasteiger partial charge in [-0.2, -0.15) is 0 Å². The van der Waals surface area contributed by atoms with Gasteiger partial charge in [0.1, 0.15) is 6.04 Å². The fourth-order valence-corrected chi connectivity index (χ4v) is 1.12. The van der Waals surface area contributed by atoms with Crippen molar-refractivity contribution in [1.29, 1.82) is 0 Å². The topological polar surface area (TPSA) is 78.4 Å². The van der Waals surface area contributed by atoms with E-state index < -0.39 is 18.0 Å². The maximum absolute atomic E-state index is 11.4. The van der Waals surface area contributed by atoms with Crippen molar-refractivity contribution in [2.75, 3.05) is 0 Å². The number of aliphatic carboxylic acids is 1. The number of carbonyl (C=O) groups is 2. The Morgan fingerprint density at radius 2 is 1.94 bits per heavy atom. The summed E-state index contributed by atoms with van der Waals surface area (Å²) in [6.07, 6.45) is 5.77. The van der Waals surface area contributed by atoms with Crippen LogP contribution in [0.25, 0.3) is 0 Å². The zero-order valence-corrected chi connectivity index (χ0v) is 9.78. The second-order valence-electron chi connectivity index (χ2n) is 3.81. The number of hydrogen-bond donors (Lipinski definition) is 3. The number of carbonyl (C=O) groups excluding carboxylic acids is 1. The first-order valence-electron chi connectivity index (χ1n) is 5.18. The largest absolute Gasteiger partial charge is 0.480 e. The molecule has 0 aromatic rings. The first kappa shape index (κ1) is 14.3. The molecule has 2 amide bonds. The molecule has 0 saturated carbocycles. The van der Waals surface area contributed by atoms with Gasteiger partial charge in [0.2, 0.25) is 0 Å². The van der Waals surface area contributed by atoms with Crippen LogP contribution in [-0.2, 0) is 4.79 Å². The normalized spacial score (nSPS) is 13.7. The van der Waals surface area contributed by atoms with Crippen molar-refractivity contribution in [3.05, 3.63) is 0 Å². The summed E-state index contributed by atoms with van der Waals surface area (Å²) in [5, 5.41) is 13.7. The molecule has 90 valence electrons. The second-order valence-corrected chi connectivity index (χ2v) is 3.81. The lowest BCUT2D eigenvalue weighted by Gasteiger charge is -2.19. The van der Waals surface area contributed by atoms with Gasteiger partial charge in [-0.1, -0.05) is 26.7 Å². The van der Waals surface area contributed by atoms with Gasteiger partial charge in [0.25, 0.3) is 0 Å². The zero-order chi connectivity index (χ0) is 12.7. The van der Waals surface area contributed by atoms with Crippen molar-refractivity contribution in [1.82, 2.24) is 10.6 Å². The van der Waals surface area contributed by atoms with Crippen LogP contribution in [0.4, 0.5) is 4.79 Å². The average molecular weight is 226 g/mol. The van der Waals surface area contributed by atoms with E-state index in [0.29, 0.717) is 6.42 Å². The van der Waals surface area contributed by atoms with Crippen molar-refractivity contribution in [2.24, 2.45) is 5.92 Å². The predicted molar refractivity (Wildman–Crippen MR) is 60.8 cm³/mol. The third-order valence-electron chi connectivity index (χ3n) is 2.13. The smallest absolute Gasteiger partial charge is 0.326 e. The van der Waals surface area contributed by atoms with E-state index in [-0.39, 0.29) is 12.0 Å². The molecule has 0 saturated heterocycles. The molecule has 16 heavy (non-hydrogen) atoms. The third-order valence-corrected chi connectivity index (χ3v) is 2.13. The van der Waals surface area contributed by atoms with E-state index >= 15 is 0 Å². The Balaban J connectivity index is 4.32. The molecule has 0 spiro atoms. The Morgan fingerprint density at radius 1 is 1.38 bits per heavy atom. The van der Waals surface area contributed by atoms with Crippen molar-refractivity contribution in [3.8, 4) is 12.3 Å². The number of amides is 2. The van der Waals surface area contributed by atoms with Gasteiger partial charge in [0.05, 0.1) is 6.04 Å². The predicted octanol–water partition coefficient (Wildman–Crippen LogP) is 0.807. The number of urea groups is 1. The van der Waals surface area contributed by atoms with Gasteiger partial charge in [0, 0.05) is 0 Å². The molecule has 0 aliphatic rings. The van der Waals surface area contributed by atoms with Crippen LogP contribution >= 0.6 is 0 Å². The minimum atomic E-state index is -1.06. The van der Waals surface area contributed by atoms with E-state index in [1.54, 1.807) is 13.8 Å². The van der Waals surface area contributed by atoms with Crippen LogP contribution in [0.3, 0.4) is 0 Å². The number of hydrogen-bond acceptors (Lipinski definition) is 2. The molecular formula is C11H18N2O3. The van der Waals surface area contributed by atoms with E-state index in [1.807, 2.05) is 6.92 Å². The average Bonchev–Trinajstić information content (AvgIpc) is 2.21. The Bertz CT molecular complexity index is 294. The molecule has 0 aliphatic carbocycles. The summed E-state index contributed by atoms with van der Waals surface area (Å²) >= 11 is 0. The van der Waals surface area contributed by atoms with Crippen LogP contribution in [-0.4, -0.2) is 29.2 Å². The molecule has 2 atom stereocenters. The lowest BCUT2D eigenvalue weighted by atomic mass is 10.1. The zero-order valence-electron chi connectivity index (χ0n) is 9.78. The quantitative estimate of drug-likeness (QED) is 0.607. The van der Waals surface area contributed by atoms with Crippen LogP contribution in [0.2, 0.25) is 0 Å². The van der Waals surface area contributed by atoms with Crippen LogP contribution in [0, 0.1) is 18.3 Å². The summed E-state index contributed by atoms with van der Waals surface area (Å²) in [7, 11) is 0. The van der Waals surface area contributed by atoms with Crippen molar-refractivity contribution >= 4 is 12.0 Å². The molecule has 0 aromatic carbocycles. The number of carboxylic acids is 1. The van der Waals surface area contributed by atoms with E-state index in [1.165, 1.54) is 0 Å². The highest BCUT2D eigenvalue weighted by molar-refractivity contribution is 5.83. The van der Waals surface area contributed by atoms with Crippen LogP contribution in [0.5, 0.6) is 0 Å². The maximum Gasteiger partial charge on any atom is 0.326 e. The van der Waals surface area contributed by atoms with E-state index in [0.717, 1.165) is 0 Å². The lowest BCUT2D eigenvalue weighted by Crippen LogP contribution is -2.50. The van der Waals surface area contributed by atoms with E-state index in [4.69, 9.17) is 11.5 Å². The second kappa shape index (κ2) is 6.72. The number of carboxylic acid groups (broad SMARTS) is 1. The van der Waals surface area contributed by atoms with Crippen molar-refractivity contribution < 1.29 is 14.7 Å². The summed E-state index contributed by atoms with van der Waals surface area (Å²) in [5.74, 6) is 1.15. The Morgan fingerprint density at radius 3 is 2.25 bits per heavy atom. The fourth-order valence-electron chi connectivity index (χ4n) is 1.12. The maximum atomic E-state index is 11.4. The van der Waals surface area contributed by atoms with E-state index in [2.05, 4.69) is 16.6 Å². The molecule has 0 radical (unpaired) electrons. The van der Waals surface area contributed by atoms with Crippen LogP contribution in [0.1, 0.15) is 27.2 Å². The standard InChI is InChI=1S/C11H18N2O3/c1-5-8(6-2)12-11(16)13-9(7(3)4)10(14)15/h1,7-9H,6H2,2-4H3,(H,14,15)(H2,12,13,16)/t8?,9-/m1/s1. The molecule has 5 nitrogen and oxygen atoms in total.